The number of benzene rings is 1. The number of halogens is 3. The van der Waals surface area contributed by atoms with Crippen molar-refractivity contribution in [3.05, 3.63) is 65.6 Å². The van der Waals surface area contributed by atoms with Gasteiger partial charge in [-0.2, -0.15) is 13.2 Å². The lowest BCUT2D eigenvalue weighted by Crippen LogP contribution is -2.53. The van der Waals surface area contributed by atoms with Crippen molar-refractivity contribution in [2.75, 3.05) is 33.3 Å². The summed E-state index contributed by atoms with van der Waals surface area (Å²) in [6.07, 6.45) is -0.892. The number of carbonyl (C=O) groups is 1. The lowest BCUT2D eigenvalue weighted by atomic mass is 10.0. The second-order valence-electron chi connectivity index (χ2n) is 11.1. The van der Waals surface area contributed by atoms with E-state index in [0.29, 0.717) is 44.0 Å². The molecule has 1 N–H and O–H groups in total. The van der Waals surface area contributed by atoms with E-state index in [-0.39, 0.29) is 18.9 Å². The Kier molecular flexibility index (Phi) is 7.12. The number of hydrogen-bond donors (Lipinski definition) is 1. The maximum atomic E-state index is 13.4. The fourth-order valence-electron chi connectivity index (χ4n) is 5.80. The number of nitrogens with one attached hydrogen (secondary N) is 1. The highest BCUT2D eigenvalue weighted by Gasteiger charge is 2.69. The van der Waals surface area contributed by atoms with Gasteiger partial charge in [0.15, 0.2) is 5.75 Å². The summed E-state index contributed by atoms with van der Waals surface area (Å²) < 4.78 is 45.8. The Hall–Kier alpha value is -4.06. The van der Waals surface area contributed by atoms with Crippen LogP contribution in [0.4, 0.5) is 13.2 Å². The maximum Gasteiger partial charge on any atom is 0.403 e. The molecule has 4 aromatic rings. The second-order valence-corrected chi connectivity index (χ2v) is 11.1. The van der Waals surface area contributed by atoms with Gasteiger partial charge in [-0.25, -0.2) is 15.0 Å². The number of fused-ring (bicyclic) bond motifs is 1. The van der Waals surface area contributed by atoms with Crippen LogP contribution < -0.4 is 4.74 Å². The number of aromatic nitrogens is 5. The monoisotopic (exact) mass is 579 g/mol. The molecule has 0 spiro atoms. The van der Waals surface area contributed by atoms with Gasteiger partial charge in [0.25, 0.3) is 0 Å². The number of H-pyrrole nitrogens is 1. The third-order valence-corrected chi connectivity index (χ3v) is 8.51. The van der Waals surface area contributed by atoms with Crippen molar-refractivity contribution in [2.24, 2.45) is 5.41 Å². The van der Waals surface area contributed by atoms with Crippen molar-refractivity contribution in [3.8, 4) is 17.0 Å². The molecule has 2 aliphatic rings. The average molecular weight is 580 g/mol. The highest BCUT2D eigenvalue weighted by molar-refractivity contribution is 5.86. The fourth-order valence-corrected chi connectivity index (χ4v) is 5.80. The Morgan fingerprint density at radius 3 is 2.55 bits per heavy atom. The molecule has 1 saturated carbocycles. The van der Waals surface area contributed by atoms with Crippen LogP contribution in [0.2, 0.25) is 0 Å². The summed E-state index contributed by atoms with van der Waals surface area (Å²) >= 11 is 0. The highest BCUT2D eigenvalue weighted by Crippen LogP contribution is 2.58. The molecule has 220 valence electrons. The Bertz CT molecular complexity index is 1620. The molecule has 0 bridgehead atoms. The molecule has 1 aliphatic carbocycles. The number of amides is 1. The predicted octanol–water partition coefficient (Wildman–Crippen LogP) is 4.87. The minimum atomic E-state index is -4.48. The van der Waals surface area contributed by atoms with Gasteiger partial charge in [-0.05, 0) is 56.5 Å². The van der Waals surface area contributed by atoms with Crippen molar-refractivity contribution in [2.45, 2.75) is 45.3 Å². The van der Waals surface area contributed by atoms with E-state index >= 15 is 0 Å². The van der Waals surface area contributed by atoms with Gasteiger partial charge in [-0.15, -0.1) is 0 Å². The van der Waals surface area contributed by atoms with Gasteiger partial charge in [0.05, 0.1) is 23.8 Å². The predicted molar refractivity (Wildman–Crippen MR) is 150 cm³/mol. The van der Waals surface area contributed by atoms with Crippen molar-refractivity contribution < 1.29 is 22.7 Å². The molecule has 1 unspecified atom stereocenters. The van der Waals surface area contributed by atoms with Crippen molar-refractivity contribution in [1.82, 2.24) is 34.7 Å². The van der Waals surface area contributed by atoms with E-state index in [4.69, 9.17) is 9.72 Å². The SMILES string of the molecule is COc1c(C)ncnc1-c1ccc2nc(Cc3cc(C(C)N4CCN(C(=O)C5(C(F)(F)F)CC5)CC4)ccn3)[nH]c2c1. The zero-order valence-electron chi connectivity index (χ0n) is 23.7. The quantitative estimate of drug-likeness (QED) is 0.334. The molecule has 1 saturated heterocycles. The molecule has 9 nitrogen and oxygen atoms in total. The molecule has 12 heteroatoms. The molecule has 4 heterocycles. The van der Waals surface area contributed by atoms with E-state index in [1.165, 1.54) is 11.2 Å². The number of piperazine rings is 1. The molecule has 6 rings (SSSR count). The van der Waals surface area contributed by atoms with E-state index in [0.717, 1.165) is 39.4 Å². The molecule has 2 fully saturated rings. The molecule has 42 heavy (non-hydrogen) atoms. The van der Waals surface area contributed by atoms with E-state index in [9.17, 15) is 18.0 Å². The first-order valence-corrected chi connectivity index (χ1v) is 14.0. The van der Waals surface area contributed by atoms with Crippen molar-refractivity contribution >= 4 is 16.9 Å². The van der Waals surface area contributed by atoms with Crippen LogP contribution in [0.1, 0.15) is 48.6 Å². The van der Waals surface area contributed by atoms with Gasteiger partial charge in [-0.3, -0.25) is 14.7 Å². The highest BCUT2D eigenvalue weighted by atomic mass is 19.4. The fraction of sp³-hybridized carbons (Fsp3) is 0.433. The number of aromatic amines is 1. The van der Waals surface area contributed by atoms with Crippen LogP contribution in [0.15, 0.2) is 42.9 Å². The van der Waals surface area contributed by atoms with E-state index < -0.39 is 17.5 Å². The minimum absolute atomic E-state index is 0.0195. The van der Waals surface area contributed by atoms with E-state index in [2.05, 4.69) is 31.8 Å². The Morgan fingerprint density at radius 2 is 1.86 bits per heavy atom. The summed E-state index contributed by atoms with van der Waals surface area (Å²) in [5.74, 6) is 0.640. The summed E-state index contributed by atoms with van der Waals surface area (Å²) in [5, 5.41) is 0. The molecular formula is C30H32F3N7O2. The summed E-state index contributed by atoms with van der Waals surface area (Å²) in [5.41, 5.74) is 3.81. The van der Waals surface area contributed by atoms with Gasteiger partial charge in [-0.1, -0.05) is 6.07 Å². The van der Waals surface area contributed by atoms with Crippen molar-refractivity contribution in [3.63, 3.8) is 0 Å². The second kappa shape index (κ2) is 10.6. The van der Waals surface area contributed by atoms with E-state index in [1.807, 2.05) is 37.3 Å². The standard InChI is InChI=1S/C30H32F3N7O2/c1-18-27(42-3)26(36-17-35-18)21-4-5-23-24(15-21)38-25(37-23)16-22-14-20(6-9-34-22)19(2)39-10-12-40(13-11-39)28(41)29(7-8-29)30(31,32)33/h4-6,9,14-15,17,19H,7-8,10-13,16H2,1-3H3,(H,37,38). The average Bonchev–Trinajstić information content (AvgIpc) is 3.72. The number of hydrogen-bond acceptors (Lipinski definition) is 7. The zero-order valence-corrected chi connectivity index (χ0v) is 23.7. The first-order valence-electron chi connectivity index (χ1n) is 14.0. The van der Waals surface area contributed by atoms with Crippen molar-refractivity contribution in [1.29, 1.82) is 0 Å². The zero-order chi connectivity index (χ0) is 29.6. The smallest absolute Gasteiger partial charge is 0.403 e. The Labute approximate surface area is 241 Å². The number of methoxy groups -OCH3 is 1. The lowest BCUT2D eigenvalue weighted by Gasteiger charge is -2.39. The van der Waals surface area contributed by atoms with Gasteiger partial charge in [0.1, 0.15) is 23.3 Å². The van der Waals surface area contributed by atoms with Crippen LogP contribution in [0.3, 0.4) is 0 Å². The number of nitrogens with zero attached hydrogens (tertiary/aromatic N) is 6. The van der Waals surface area contributed by atoms with Gasteiger partial charge >= 0.3 is 6.18 Å². The Morgan fingerprint density at radius 1 is 1.10 bits per heavy atom. The van der Waals surface area contributed by atoms with Crippen LogP contribution in [0.5, 0.6) is 5.75 Å². The molecule has 1 aliphatic heterocycles. The summed E-state index contributed by atoms with van der Waals surface area (Å²) in [4.78, 5) is 37.6. The molecule has 3 aromatic heterocycles. The molecule has 0 radical (unpaired) electrons. The van der Waals surface area contributed by atoms with Crippen LogP contribution in [-0.2, 0) is 11.2 Å². The van der Waals surface area contributed by atoms with E-state index in [1.54, 1.807) is 13.3 Å². The summed E-state index contributed by atoms with van der Waals surface area (Å²) in [6.45, 7) is 5.56. The number of pyridine rings is 1. The Balaban J connectivity index is 1.13. The first-order chi connectivity index (χ1) is 20.1. The summed E-state index contributed by atoms with van der Waals surface area (Å²) in [6, 6.07) is 9.91. The van der Waals surface area contributed by atoms with Gasteiger partial charge in [0, 0.05) is 56.1 Å². The first kappa shape index (κ1) is 28.1. The summed E-state index contributed by atoms with van der Waals surface area (Å²) in [7, 11) is 1.60. The van der Waals surface area contributed by atoms with Crippen LogP contribution in [-0.4, -0.2) is 80.1 Å². The van der Waals surface area contributed by atoms with Crippen LogP contribution in [0, 0.1) is 12.3 Å². The largest absolute Gasteiger partial charge is 0.493 e. The topological polar surface area (TPSA) is 100 Å². The number of carbonyl (C=O) groups excluding carboxylic acids is 1. The van der Waals surface area contributed by atoms with Gasteiger partial charge in [0.2, 0.25) is 5.91 Å². The number of rotatable bonds is 7. The van der Waals surface area contributed by atoms with Crippen LogP contribution >= 0.6 is 0 Å². The number of aryl methyl sites for hydroxylation is 1. The number of imidazole rings is 1. The van der Waals surface area contributed by atoms with Crippen LogP contribution in [0.25, 0.3) is 22.3 Å². The third kappa shape index (κ3) is 5.08. The molecule has 1 aromatic carbocycles. The molecule has 1 atom stereocenters. The maximum absolute atomic E-state index is 13.4. The lowest BCUT2D eigenvalue weighted by molar-refractivity contribution is -0.199. The van der Waals surface area contributed by atoms with Gasteiger partial charge < -0.3 is 14.6 Å². The normalized spacial score (nSPS) is 17.8. The molecule has 1 amide bonds. The molecular weight excluding hydrogens is 547 g/mol. The number of ether oxygens (including phenoxy) is 1. The number of alkyl halides is 3. The minimum Gasteiger partial charge on any atom is -0.493 e. The third-order valence-electron chi connectivity index (χ3n) is 8.51.